The minimum atomic E-state index is -0.683. The van der Waals surface area contributed by atoms with E-state index >= 15 is 0 Å². The Kier molecular flexibility index (Phi) is 5.25. The van der Waals surface area contributed by atoms with Crippen molar-refractivity contribution in [1.82, 2.24) is 20.5 Å². The molecule has 0 fully saturated rings. The summed E-state index contributed by atoms with van der Waals surface area (Å²) in [7, 11) is 0. The standard InChI is InChI=1S/C14H17FN4O2/c1-10(21-12-5-2-4-11(15)8-12)14(20)16-7-3-6-13-17-9-18-19-13/h2,4-5,8-10H,3,6-7H2,1H3,(H,16,20)(H,17,18,19). The van der Waals surface area contributed by atoms with Crippen molar-refractivity contribution in [2.75, 3.05) is 6.54 Å². The molecule has 7 heteroatoms. The van der Waals surface area contributed by atoms with Crippen molar-refractivity contribution in [2.45, 2.75) is 25.9 Å². The summed E-state index contributed by atoms with van der Waals surface area (Å²) in [5.74, 6) is 0.483. The summed E-state index contributed by atoms with van der Waals surface area (Å²) in [6, 6.07) is 5.71. The number of rotatable bonds is 7. The Morgan fingerprint density at radius 3 is 3.10 bits per heavy atom. The third-order valence-corrected chi connectivity index (χ3v) is 2.83. The van der Waals surface area contributed by atoms with Crippen LogP contribution in [-0.2, 0) is 11.2 Å². The first-order chi connectivity index (χ1) is 10.1. The van der Waals surface area contributed by atoms with Crippen LogP contribution in [0.15, 0.2) is 30.6 Å². The second kappa shape index (κ2) is 7.37. The van der Waals surface area contributed by atoms with Crippen LogP contribution in [0.4, 0.5) is 4.39 Å². The van der Waals surface area contributed by atoms with Crippen LogP contribution in [0.2, 0.25) is 0 Å². The SMILES string of the molecule is CC(Oc1cccc(F)c1)C(=O)NCCCc1ncn[nH]1. The molecule has 1 unspecified atom stereocenters. The maximum atomic E-state index is 13.0. The Morgan fingerprint density at radius 2 is 2.38 bits per heavy atom. The van der Waals surface area contributed by atoms with Crippen molar-refractivity contribution < 1.29 is 13.9 Å². The van der Waals surface area contributed by atoms with E-state index in [-0.39, 0.29) is 5.91 Å². The van der Waals surface area contributed by atoms with Crippen molar-refractivity contribution in [3.63, 3.8) is 0 Å². The number of nitrogens with zero attached hydrogens (tertiary/aromatic N) is 2. The third-order valence-electron chi connectivity index (χ3n) is 2.83. The third kappa shape index (κ3) is 4.87. The number of H-pyrrole nitrogens is 1. The number of ether oxygens (including phenoxy) is 1. The van der Waals surface area contributed by atoms with Gasteiger partial charge in [0.15, 0.2) is 6.10 Å². The first kappa shape index (κ1) is 15.0. The Labute approximate surface area is 121 Å². The van der Waals surface area contributed by atoms with E-state index < -0.39 is 11.9 Å². The van der Waals surface area contributed by atoms with Gasteiger partial charge in [-0.1, -0.05) is 6.07 Å². The molecule has 1 aromatic heterocycles. The molecule has 0 aliphatic carbocycles. The van der Waals surface area contributed by atoms with Crippen LogP contribution < -0.4 is 10.1 Å². The van der Waals surface area contributed by atoms with E-state index in [0.717, 1.165) is 12.2 Å². The lowest BCUT2D eigenvalue weighted by atomic mass is 10.3. The maximum absolute atomic E-state index is 13.0. The summed E-state index contributed by atoms with van der Waals surface area (Å²) in [5.41, 5.74) is 0. The molecule has 0 spiro atoms. The molecule has 1 aromatic carbocycles. The van der Waals surface area contributed by atoms with Gasteiger partial charge in [0.25, 0.3) is 5.91 Å². The molecule has 1 amide bonds. The zero-order valence-electron chi connectivity index (χ0n) is 11.7. The summed E-state index contributed by atoms with van der Waals surface area (Å²) in [5, 5.41) is 9.26. The van der Waals surface area contributed by atoms with Crippen molar-refractivity contribution in [1.29, 1.82) is 0 Å². The van der Waals surface area contributed by atoms with Crippen molar-refractivity contribution >= 4 is 5.91 Å². The highest BCUT2D eigenvalue weighted by Gasteiger charge is 2.14. The number of aryl methyl sites for hydroxylation is 1. The molecule has 21 heavy (non-hydrogen) atoms. The summed E-state index contributed by atoms with van der Waals surface area (Å²) in [4.78, 5) is 15.8. The van der Waals surface area contributed by atoms with E-state index in [1.54, 1.807) is 13.0 Å². The van der Waals surface area contributed by atoms with E-state index in [1.807, 2.05) is 0 Å². The molecule has 1 heterocycles. The highest BCUT2D eigenvalue weighted by atomic mass is 19.1. The van der Waals surface area contributed by atoms with Crippen LogP contribution in [-0.4, -0.2) is 33.7 Å². The van der Waals surface area contributed by atoms with E-state index in [2.05, 4.69) is 20.5 Å². The maximum Gasteiger partial charge on any atom is 0.260 e. The Morgan fingerprint density at radius 1 is 1.52 bits per heavy atom. The van der Waals surface area contributed by atoms with Crippen LogP contribution >= 0.6 is 0 Å². The highest BCUT2D eigenvalue weighted by Crippen LogP contribution is 2.13. The van der Waals surface area contributed by atoms with Gasteiger partial charge in [-0.15, -0.1) is 0 Å². The molecule has 2 rings (SSSR count). The zero-order chi connectivity index (χ0) is 15.1. The van der Waals surface area contributed by atoms with Crippen LogP contribution in [0.25, 0.3) is 0 Å². The predicted octanol–water partition coefficient (Wildman–Crippen LogP) is 1.46. The van der Waals surface area contributed by atoms with Gasteiger partial charge in [-0.2, -0.15) is 5.10 Å². The molecule has 2 aromatic rings. The molecule has 0 radical (unpaired) electrons. The van der Waals surface area contributed by atoms with Crippen LogP contribution in [0.5, 0.6) is 5.75 Å². The van der Waals surface area contributed by atoms with Crippen LogP contribution in [0, 0.1) is 5.82 Å². The summed E-state index contributed by atoms with van der Waals surface area (Å²) < 4.78 is 18.4. The van der Waals surface area contributed by atoms with Gasteiger partial charge in [0.1, 0.15) is 23.7 Å². The monoisotopic (exact) mass is 292 g/mol. The largest absolute Gasteiger partial charge is 0.481 e. The van der Waals surface area contributed by atoms with Gasteiger partial charge in [0, 0.05) is 19.0 Å². The minimum Gasteiger partial charge on any atom is -0.481 e. The molecule has 0 aliphatic rings. The molecule has 0 saturated carbocycles. The number of aromatic nitrogens is 3. The average molecular weight is 292 g/mol. The number of amides is 1. The van der Waals surface area contributed by atoms with Crippen molar-refractivity contribution in [3.05, 3.63) is 42.2 Å². The van der Waals surface area contributed by atoms with Gasteiger partial charge in [-0.25, -0.2) is 9.37 Å². The van der Waals surface area contributed by atoms with Crippen molar-refractivity contribution in [3.8, 4) is 5.75 Å². The second-order valence-electron chi connectivity index (χ2n) is 4.54. The van der Waals surface area contributed by atoms with E-state index in [1.165, 1.54) is 24.5 Å². The summed E-state index contributed by atoms with van der Waals surface area (Å²) >= 11 is 0. The molecule has 1 atom stereocenters. The number of benzene rings is 1. The lowest BCUT2D eigenvalue weighted by molar-refractivity contribution is -0.127. The number of aromatic amines is 1. The Hall–Kier alpha value is -2.44. The molecular weight excluding hydrogens is 275 g/mol. The number of nitrogens with one attached hydrogen (secondary N) is 2. The van der Waals surface area contributed by atoms with E-state index in [4.69, 9.17) is 4.74 Å². The number of hydrogen-bond donors (Lipinski definition) is 2. The molecular formula is C14H17FN4O2. The van der Waals surface area contributed by atoms with E-state index in [9.17, 15) is 9.18 Å². The van der Waals surface area contributed by atoms with Gasteiger partial charge in [0.05, 0.1) is 0 Å². The molecule has 112 valence electrons. The average Bonchev–Trinajstić information content (AvgIpc) is 2.96. The van der Waals surface area contributed by atoms with Gasteiger partial charge >= 0.3 is 0 Å². The number of hydrogen-bond acceptors (Lipinski definition) is 4. The smallest absolute Gasteiger partial charge is 0.260 e. The molecule has 2 N–H and O–H groups in total. The normalized spacial score (nSPS) is 11.9. The van der Waals surface area contributed by atoms with Crippen LogP contribution in [0.1, 0.15) is 19.2 Å². The van der Waals surface area contributed by atoms with Gasteiger partial charge < -0.3 is 10.1 Å². The Bertz CT molecular complexity index is 574. The quantitative estimate of drug-likeness (QED) is 0.757. The first-order valence-corrected chi connectivity index (χ1v) is 6.69. The van der Waals surface area contributed by atoms with Crippen molar-refractivity contribution in [2.24, 2.45) is 0 Å². The zero-order valence-corrected chi connectivity index (χ0v) is 11.7. The molecule has 6 nitrogen and oxygen atoms in total. The highest BCUT2D eigenvalue weighted by molar-refractivity contribution is 5.80. The number of carbonyl (C=O) groups excluding carboxylic acids is 1. The Balaban J connectivity index is 1.70. The number of halogens is 1. The fourth-order valence-electron chi connectivity index (χ4n) is 1.76. The van der Waals surface area contributed by atoms with Gasteiger partial charge in [0.2, 0.25) is 0 Å². The number of carbonyl (C=O) groups is 1. The summed E-state index contributed by atoms with van der Waals surface area (Å²) in [6.45, 7) is 2.13. The molecule has 0 saturated heterocycles. The second-order valence-corrected chi connectivity index (χ2v) is 4.54. The van der Waals surface area contributed by atoms with Gasteiger partial charge in [-0.3, -0.25) is 9.89 Å². The van der Waals surface area contributed by atoms with Crippen LogP contribution in [0.3, 0.4) is 0 Å². The molecule has 0 bridgehead atoms. The van der Waals surface area contributed by atoms with Gasteiger partial charge in [-0.05, 0) is 25.5 Å². The predicted molar refractivity (Wildman–Crippen MR) is 74.2 cm³/mol. The lowest BCUT2D eigenvalue weighted by Gasteiger charge is -2.14. The lowest BCUT2D eigenvalue weighted by Crippen LogP contribution is -2.37. The van der Waals surface area contributed by atoms with E-state index in [0.29, 0.717) is 18.7 Å². The topological polar surface area (TPSA) is 79.9 Å². The fourth-order valence-corrected chi connectivity index (χ4v) is 1.76. The molecule has 0 aliphatic heterocycles. The summed E-state index contributed by atoms with van der Waals surface area (Å²) in [6.07, 6.45) is 2.22. The minimum absolute atomic E-state index is 0.239. The first-order valence-electron chi connectivity index (χ1n) is 6.69. The fraction of sp³-hybridized carbons (Fsp3) is 0.357.